The number of pyridine rings is 1. The molecule has 0 bridgehead atoms. The normalized spacial score (nSPS) is 14.2. The maximum atomic E-state index is 12.2. The van der Waals surface area contributed by atoms with E-state index in [0.29, 0.717) is 28.2 Å². The van der Waals surface area contributed by atoms with E-state index in [2.05, 4.69) is 4.98 Å². The van der Waals surface area contributed by atoms with E-state index in [1.54, 1.807) is 18.3 Å². The smallest absolute Gasteiger partial charge is 0.265 e. The summed E-state index contributed by atoms with van der Waals surface area (Å²) in [6.45, 7) is 0. The SMILES string of the molecule is O=CC1=c2nc3ccccn3c(=O)c2=CCC1. The number of carbonyl (C=O) groups excluding carboxylic acids is 1. The van der Waals surface area contributed by atoms with Crippen LogP contribution >= 0.6 is 0 Å². The Morgan fingerprint density at radius 3 is 3.06 bits per heavy atom. The maximum Gasteiger partial charge on any atom is 0.265 e. The van der Waals surface area contributed by atoms with Gasteiger partial charge in [-0.1, -0.05) is 12.1 Å². The Kier molecular flexibility index (Phi) is 2.14. The van der Waals surface area contributed by atoms with Gasteiger partial charge in [0.15, 0.2) is 0 Å². The van der Waals surface area contributed by atoms with E-state index in [1.165, 1.54) is 4.40 Å². The van der Waals surface area contributed by atoms with E-state index in [1.807, 2.05) is 12.1 Å². The summed E-state index contributed by atoms with van der Waals surface area (Å²) in [4.78, 5) is 27.6. The molecule has 0 aromatic carbocycles. The molecule has 2 aromatic rings. The van der Waals surface area contributed by atoms with Crippen molar-refractivity contribution in [3.63, 3.8) is 0 Å². The lowest BCUT2D eigenvalue weighted by molar-refractivity contribution is -0.103. The molecule has 0 N–H and O–H groups in total. The van der Waals surface area contributed by atoms with Crippen molar-refractivity contribution in [1.29, 1.82) is 0 Å². The van der Waals surface area contributed by atoms with E-state index in [4.69, 9.17) is 0 Å². The van der Waals surface area contributed by atoms with Gasteiger partial charge in [-0.05, 0) is 25.0 Å². The van der Waals surface area contributed by atoms with Crippen LogP contribution in [0.5, 0.6) is 0 Å². The number of aldehydes is 1. The lowest BCUT2D eigenvalue weighted by Crippen LogP contribution is -2.47. The Morgan fingerprint density at radius 1 is 1.35 bits per heavy atom. The quantitative estimate of drug-likeness (QED) is 0.623. The van der Waals surface area contributed by atoms with Gasteiger partial charge in [-0.15, -0.1) is 0 Å². The van der Waals surface area contributed by atoms with Gasteiger partial charge in [-0.3, -0.25) is 14.0 Å². The summed E-state index contributed by atoms with van der Waals surface area (Å²) in [5.41, 5.74) is 1.08. The number of rotatable bonds is 1. The molecule has 1 aliphatic carbocycles. The number of fused-ring (bicyclic) bond motifs is 2. The molecule has 4 heteroatoms. The largest absolute Gasteiger partial charge is 0.298 e. The third-order valence-electron chi connectivity index (χ3n) is 2.98. The van der Waals surface area contributed by atoms with Gasteiger partial charge in [-0.2, -0.15) is 0 Å². The zero-order valence-corrected chi connectivity index (χ0v) is 9.09. The van der Waals surface area contributed by atoms with Crippen LogP contribution in [0.15, 0.2) is 29.2 Å². The second kappa shape index (κ2) is 3.66. The molecule has 84 valence electrons. The molecule has 0 fully saturated rings. The first-order valence-electron chi connectivity index (χ1n) is 5.47. The second-order valence-corrected chi connectivity index (χ2v) is 3.99. The first-order valence-corrected chi connectivity index (χ1v) is 5.47. The molecule has 3 rings (SSSR count). The fourth-order valence-corrected chi connectivity index (χ4v) is 2.14. The summed E-state index contributed by atoms with van der Waals surface area (Å²) in [5, 5.41) is 1.09. The molecule has 0 spiro atoms. The molecule has 17 heavy (non-hydrogen) atoms. The molecule has 0 aliphatic heterocycles. The molecule has 0 radical (unpaired) electrons. The summed E-state index contributed by atoms with van der Waals surface area (Å²) in [7, 11) is 0. The number of aromatic nitrogens is 2. The molecule has 0 saturated carbocycles. The second-order valence-electron chi connectivity index (χ2n) is 3.99. The summed E-state index contributed by atoms with van der Waals surface area (Å²) in [6.07, 6.45) is 5.73. The van der Waals surface area contributed by atoms with Crippen molar-refractivity contribution in [1.82, 2.24) is 9.38 Å². The van der Waals surface area contributed by atoms with Gasteiger partial charge in [0.05, 0.1) is 10.6 Å². The van der Waals surface area contributed by atoms with Crippen molar-refractivity contribution in [2.75, 3.05) is 0 Å². The van der Waals surface area contributed by atoms with Crippen molar-refractivity contribution in [2.45, 2.75) is 12.8 Å². The van der Waals surface area contributed by atoms with Gasteiger partial charge in [0.1, 0.15) is 11.9 Å². The van der Waals surface area contributed by atoms with Crippen molar-refractivity contribution in [3.05, 3.63) is 45.3 Å². The molecular formula is C13H10N2O2. The lowest BCUT2D eigenvalue weighted by Gasteiger charge is -2.06. The van der Waals surface area contributed by atoms with Crippen LogP contribution in [0.4, 0.5) is 0 Å². The lowest BCUT2D eigenvalue weighted by atomic mass is 10.1. The first kappa shape index (κ1) is 9.96. The average Bonchev–Trinajstić information content (AvgIpc) is 2.38. The molecule has 0 atom stereocenters. The summed E-state index contributed by atoms with van der Waals surface area (Å²) < 4.78 is 1.50. The summed E-state index contributed by atoms with van der Waals surface area (Å²) >= 11 is 0. The zero-order valence-electron chi connectivity index (χ0n) is 9.09. The highest BCUT2D eigenvalue weighted by molar-refractivity contribution is 5.98. The fourth-order valence-electron chi connectivity index (χ4n) is 2.14. The zero-order chi connectivity index (χ0) is 11.8. The Morgan fingerprint density at radius 2 is 2.24 bits per heavy atom. The Hall–Kier alpha value is -2.23. The van der Waals surface area contributed by atoms with Crippen LogP contribution in [0, 0.1) is 0 Å². The van der Waals surface area contributed by atoms with Crippen molar-refractivity contribution in [3.8, 4) is 0 Å². The van der Waals surface area contributed by atoms with Gasteiger partial charge in [0.25, 0.3) is 5.56 Å². The molecular weight excluding hydrogens is 216 g/mol. The molecule has 1 aliphatic rings. The average molecular weight is 226 g/mol. The van der Waals surface area contributed by atoms with E-state index in [-0.39, 0.29) is 5.56 Å². The molecule has 2 heterocycles. The standard InChI is InChI=1S/C13H10N2O2/c16-8-9-4-3-5-10-12(9)14-11-6-1-2-7-15(11)13(10)17/h1-2,5-8H,3-4H2. The minimum atomic E-state index is -0.107. The fraction of sp³-hybridized carbons (Fsp3) is 0.154. The molecule has 0 unspecified atom stereocenters. The number of hydrogen-bond donors (Lipinski definition) is 0. The highest BCUT2D eigenvalue weighted by Crippen LogP contribution is 2.03. The van der Waals surface area contributed by atoms with Crippen molar-refractivity contribution >= 4 is 23.6 Å². The van der Waals surface area contributed by atoms with E-state index in [9.17, 15) is 9.59 Å². The van der Waals surface area contributed by atoms with Gasteiger partial charge >= 0.3 is 0 Å². The van der Waals surface area contributed by atoms with Crippen LogP contribution in [0.25, 0.3) is 17.3 Å². The summed E-state index contributed by atoms with van der Waals surface area (Å²) in [6, 6.07) is 5.37. The monoisotopic (exact) mass is 226 g/mol. The minimum absolute atomic E-state index is 0.107. The Balaban J connectivity index is 2.65. The van der Waals surface area contributed by atoms with E-state index in [0.717, 1.165) is 12.7 Å². The molecule has 4 nitrogen and oxygen atoms in total. The van der Waals surface area contributed by atoms with E-state index >= 15 is 0 Å². The Bertz CT molecular complexity index is 787. The van der Waals surface area contributed by atoms with E-state index < -0.39 is 0 Å². The van der Waals surface area contributed by atoms with Gasteiger partial charge < -0.3 is 0 Å². The van der Waals surface area contributed by atoms with Gasteiger partial charge in [-0.25, -0.2) is 4.98 Å². The minimum Gasteiger partial charge on any atom is -0.298 e. The van der Waals surface area contributed by atoms with Crippen LogP contribution < -0.4 is 16.1 Å². The number of carbonyl (C=O) groups is 1. The van der Waals surface area contributed by atoms with Crippen LogP contribution in [0.2, 0.25) is 0 Å². The maximum absolute atomic E-state index is 12.2. The number of hydrogen-bond acceptors (Lipinski definition) is 3. The van der Waals surface area contributed by atoms with Crippen LogP contribution in [-0.2, 0) is 4.79 Å². The topological polar surface area (TPSA) is 51.4 Å². The van der Waals surface area contributed by atoms with Gasteiger partial charge in [0, 0.05) is 11.8 Å². The van der Waals surface area contributed by atoms with Crippen molar-refractivity contribution < 1.29 is 4.79 Å². The number of nitrogens with zero attached hydrogens (tertiary/aromatic N) is 2. The third kappa shape index (κ3) is 1.41. The van der Waals surface area contributed by atoms with Crippen molar-refractivity contribution in [2.24, 2.45) is 0 Å². The predicted octanol–water partition coefficient (Wildman–Crippen LogP) is -0.382. The summed E-state index contributed by atoms with van der Waals surface area (Å²) in [5.74, 6) is 0. The Labute approximate surface area is 96.5 Å². The highest BCUT2D eigenvalue weighted by atomic mass is 16.1. The third-order valence-corrected chi connectivity index (χ3v) is 2.98. The molecule has 2 aromatic heterocycles. The first-order chi connectivity index (χ1) is 8.31. The highest BCUT2D eigenvalue weighted by Gasteiger charge is 2.09. The van der Waals surface area contributed by atoms with Crippen LogP contribution in [-0.4, -0.2) is 15.7 Å². The van der Waals surface area contributed by atoms with Crippen LogP contribution in [0.1, 0.15) is 12.8 Å². The van der Waals surface area contributed by atoms with Gasteiger partial charge in [0.2, 0.25) is 0 Å². The molecule has 0 amide bonds. The predicted molar refractivity (Wildman–Crippen MR) is 63.9 cm³/mol. The molecule has 0 saturated heterocycles. The van der Waals surface area contributed by atoms with Crippen LogP contribution in [0.3, 0.4) is 0 Å².